The highest BCUT2D eigenvalue weighted by molar-refractivity contribution is 6.11. The predicted octanol–water partition coefficient (Wildman–Crippen LogP) is 10.1. The van der Waals surface area contributed by atoms with Crippen molar-refractivity contribution in [2.24, 2.45) is 0 Å². The van der Waals surface area contributed by atoms with Crippen LogP contribution >= 0.6 is 0 Å². The minimum Gasteiger partial charge on any atom is -0.326 e. The number of anilines is 3. The summed E-state index contributed by atoms with van der Waals surface area (Å²) in [6.07, 6.45) is 17.3. The van der Waals surface area contributed by atoms with E-state index in [1.165, 1.54) is 70.6 Å². The van der Waals surface area contributed by atoms with E-state index in [2.05, 4.69) is 12.2 Å². The monoisotopic (exact) mass is 526 g/mol. The Kier molecular flexibility index (Phi) is 13.9. The van der Waals surface area contributed by atoms with E-state index in [0.29, 0.717) is 17.7 Å². The van der Waals surface area contributed by atoms with Crippen LogP contribution in [0.15, 0.2) is 84.9 Å². The Morgan fingerprint density at radius 1 is 0.590 bits per heavy atom. The maximum absolute atomic E-state index is 13.6. The van der Waals surface area contributed by atoms with Crippen LogP contribution in [0.1, 0.15) is 107 Å². The summed E-state index contributed by atoms with van der Waals surface area (Å²) in [6.45, 7) is 2.27. The van der Waals surface area contributed by atoms with Crippen LogP contribution in [-0.2, 0) is 4.79 Å². The van der Waals surface area contributed by atoms with Crippen molar-refractivity contribution >= 4 is 28.9 Å². The third-order valence-corrected chi connectivity index (χ3v) is 7.13. The quantitative estimate of drug-likeness (QED) is 0.168. The summed E-state index contributed by atoms with van der Waals surface area (Å²) in [5.74, 6) is -0.134. The Morgan fingerprint density at radius 3 is 1.59 bits per heavy atom. The van der Waals surface area contributed by atoms with Gasteiger partial charge in [0.25, 0.3) is 5.91 Å². The van der Waals surface area contributed by atoms with Crippen molar-refractivity contribution in [3.63, 3.8) is 0 Å². The van der Waals surface area contributed by atoms with Crippen molar-refractivity contribution in [2.45, 2.75) is 96.8 Å². The molecule has 4 heteroatoms. The van der Waals surface area contributed by atoms with Gasteiger partial charge in [0.05, 0.1) is 0 Å². The Hall–Kier alpha value is -3.40. The minimum absolute atomic E-state index is 0.00523. The lowest BCUT2D eigenvalue weighted by Crippen LogP contribution is -2.26. The molecule has 3 rings (SSSR count). The van der Waals surface area contributed by atoms with Crippen molar-refractivity contribution in [3.05, 3.63) is 90.5 Å². The molecule has 1 N–H and O–H groups in total. The summed E-state index contributed by atoms with van der Waals surface area (Å²) >= 11 is 0. The van der Waals surface area contributed by atoms with Crippen molar-refractivity contribution in [3.8, 4) is 0 Å². The zero-order chi connectivity index (χ0) is 27.5. The summed E-state index contributed by atoms with van der Waals surface area (Å²) in [5, 5.41) is 2.99. The second kappa shape index (κ2) is 18.0. The molecule has 0 heterocycles. The topological polar surface area (TPSA) is 49.4 Å². The van der Waals surface area contributed by atoms with Crippen molar-refractivity contribution in [1.29, 1.82) is 0 Å². The summed E-state index contributed by atoms with van der Waals surface area (Å²) in [5.41, 5.74) is 2.78. The molecule has 0 aliphatic heterocycles. The molecule has 0 aliphatic carbocycles. The van der Waals surface area contributed by atoms with Gasteiger partial charge in [-0.1, -0.05) is 126 Å². The molecule has 0 fully saturated rings. The smallest absolute Gasteiger partial charge is 0.262 e. The number of hydrogen-bond donors (Lipinski definition) is 1. The maximum atomic E-state index is 13.6. The minimum atomic E-state index is -0.139. The largest absolute Gasteiger partial charge is 0.326 e. The molecule has 39 heavy (non-hydrogen) atoms. The van der Waals surface area contributed by atoms with Crippen LogP contribution in [0.3, 0.4) is 0 Å². The second-order valence-electron chi connectivity index (χ2n) is 10.4. The van der Waals surface area contributed by atoms with Gasteiger partial charge in [-0.25, -0.2) is 0 Å². The number of hydrogen-bond acceptors (Lipinski definition) is 2. The van der Waals surface area contributed by atoms with Crippen LogP contribution in [0.2, 0.25) is 0 Å². The van der Waals surface area contributed by atoms with E-state index >= 15 is 0 Å². The number of nitrogens with one attached hydrogen (secondary N) is 1. The molecule has 0 aliphatic rings. The number of benzene rings is 3. The average Bonchev–Trinajstić information content (AvgIpc) is 2.97. The molecule has 3 aromatic rings. The van der Waals surface area contributed by atoms with Crippen molar-refractivity contribution < 1.29 is 9.59 Å². The molecule has 0 aromatic heterocycles. The number of unbranched alkanes of at least 4 members (excludes halogenated alkanes) is 12. The van der Waals surface area contributed by atoms with Gasteiger partial charge < -0.3 is 5.32 Å². The van der Waals surface area contributed by atoms with Gasteiger partial charge in [0.15, 0.2) is 0 Å². The van der Waals surface area contributed by atoms with Crippen molar-refractivity contribution in [2.75, 3.05) is 10.2 Å². The Morgan fingerprint density at radius 2 is 1.08 bits per heavy atom. The summed E-state index contributed by atoms with van der Waals surface area (Å²) in [6, 6.07) is 26.5. The van der Waals surface area contributed by atoms with Gasteiger partial charge in [0.1, 0.15) is 0 Å². The summed E-state index contributed by atoms with van der Waals surface area (Å²) < 4.78 is 0. The second-order valence-corrected chi connectivity index (χ2v) is 10.4. The Balaban J connectivity index is 1.40. The number of amides is 2. The lowest BCUT2D eigenvalue weighted by Gasteiger charge is -2.23. The number of nitrogens with zero attached hydrogens (tertiary/aromatic N) is 1. The molecule has 2 amide bonds. The van der Waals surface area contributed by atoms with Gasteiger partial charge in [-0.2, -0.15) is 0 Å². The van der Waals surface area contributed by atoms with Crippen LogP contribution in [0.4, 0.5) is 17.1 Å². The number of carbonyl (C=O) groups is 2. The molecular weight excluding hydrogens is 480 g/mol. The van der Waals surface area contributed by atoms with Gasteiger partial charge >= 0.3 is 0 Å². The van der Waals surface area contributed by atoms with Gasteiger partial charge in [-0.3, -0.25) is 14.5 Å². The van der Waals surface area contributed by atoms with Crippen LogP contribution < -0.4 is 10.2 Å². The van der Waals surface area contributed by atoms with Gasteiger partial charge in [-0.15, -0.1) is 0 Å². The molecule has 0 saturated carbocycles. The fourth-order valence-electron chi connectivity index (χ4n) is 4.92. The summed E-state index contributed by atoms with van der Waals surface area (Å²) in [4.78, 5) is 27.9. The molecule has 3 aromatic carbocycles. The Bertz CT molecular complexity index is 1060. The van der Waals surface area contributed by atoms with E-state index in [4.69, 9.17) is 0 Å². The van der Waals surface area contributed by atoms with E-state index in [1.54, 1.807) is 17.0 Å². The fourth-order valence-corrected chi connectivity index (χ4v) is 4.92. The number of para-hydroxylation sites is 2. The molecule has 0 atom stereocenters. The lowest BCUT2D eigenvalue weighted by atomic mass is 10.0. The molecule has 0 radical (unpaired) electrons. The molecule has 208 valence electrons. The zero-order valence-corrected chi connectivity index (χ0v) is 23.7. The first-order valence-electron chi connectivity index (χ1n) is 15.0. The van der Waals surface area contributed by atoms with E-state index in [1.807, 2.05) is 72.8 Å². The van der Waals surface area contributed by atoms with Gasteiger partial charge in [0.2, 0.25) is 5.91 Å². The highest BCUT2D eigenvalue weighted by atomic mass is 16.2. The third kappa shape index (κ3) is 11.1. The first kappa shape index (κ1) is 30.1. The molecule has 0 saturated heterocycles. The van der Waals surface area contributed by atoms with E-state index < -0.39 is 0 Å². The maximum Gasteiger partial charge on any atom is 0.262 e. The third-order valence-electron chi connectivity index (χ3n) is 7.13. The molecule has 0 spiro atoms. The number of rotatable bonds is 18. The zero-order valence-electron chi connectivity index (χ0n) is 23.7. The van der Waals surface area contributed by atoms with E-state index in [9.17, 15) is 9.59 Å². The number of carbonyl (C=O) groups excluding carboxylic acids is 2. The lowest BCUT2D eigenvalue weighted by molar-refractivity contribution is -0.116. The van der Waals surface area contributed by atoms with Crippen LogP contribution in [0.5, 0.6) is 0 Å². The highest BCUT2D eigenvalue weighted by Crippen LogP contribution is 2.28. The highest BCUT2D eigenvalue weighted by Gasteiger charge is 2.20. The van der Waals surface area contributed by atoms with Gasteiger partial charge in [-0.05, 0) is 48.9 Å². The van der Waals surface area contributed by atoms with Crippen molar-refractivity contribution in [1.82, 2.24) is 0 Å². The molecule has 0 bridgehead atoms. The van der Waals surface area contributed by atoms with E-state index in [-0.39, 0.29) is 11.8 Å². The SMILES string of the molecule is CCCCCCCCCCCCCCCC(=O)Nc1cccc(C(=O)N(c2ccccc2)c2ccccc2)c1. The first-order chi connectivity index (χ1) is 19.2. The van der Waals surface area contributed by atoms with Gasteiger partial charge in [0, 0.05) is 29.0 Å². The summed E-state index contributed by atoms with van der Waals surface area (Å²) in [7, 11) is 0. The van der Waals surface area contributed by atoms with Crippen LogP contribution in [-0.4, -0.2) is 11.8 Å². The van der Waals surface area contributed by atoms with Crippen LogP contribution in [0, 0.1) is 0 Å². The van der Waals surface area contributed by atoms with Crippen LogP contribution in [0.25, 0.3) is 0 Å². The standard InChI is InChI=1S/C35H46N2O2/c1-2-3-4-5-6-7-8-9-10-11-12-13-20-28-34(38)36-31-23-21-22-30(29-31)35(39)37(32-24-16-14-17-25-32)33-26-18-15-19-27-33/h14-19,21-27,29H,2-13,20,28H2,1H3,(H,36,38). The van der Waals surface area contributed by atoms with E-state index in [0.717, 1.165) is 24.2 Å². The molecular formula is C35H46N2O2. The predicted molar refractivity (Wildman–Crippen MR) is 165 cm³/mol. The first-order valence-corrected chi connectivity index (χ1v) is 15.0. The average molecular weight is 527 g/mol. The Labute approximate surface area is 235 Å². The normalized spacial score (nSPS) is 10.8. The molecule has 0 unspecified atom stereocenters. The molecule has 4 nitrogen and oxygen atoms in total. The fraction of sp³-hybridized carbons (Fsp3) is 0.429.